The molecule has 4 rings (SSSR count). The van der Waals surface area contributed by atoms with Crippen molar-refractivity contribution in [3.8, 4) is 16.9 Å². The molecule has 37 heavy (non-hydrogen) atoms. The molecule has 0 fully saturated rings. The molecule has 4 aromatic rings. The third-order valence-electron chi connectivity index (χ3n) is 5.82. The molecule has 2 heterocycles. The summed E-state index contributed by atoms with van der Waals surface area (Å²) in [6, 6.07) is 24.2. The third-order valence-corrected chi connectivity index (χ3v) is 7.92. The number of nitrogens with zero attached hydrogens (tertiary/aromatic N) is 2. The van der Waals surface area contributed by atoms with Crippen LogP contribution in [0.15, 0.2) is 96.2 Å². The fraction of sp³-hybridized carbons (Fsp3) is 0.148. The number of nitrogens with two attached hydrogens (primary N) is 1. The van der Waals surface area contributed by atoms with Gasteiger partial charge in [0.2, 0.25) is 9.84 Å². The molecule has 1 unspecified atom stereocenters. The Morgan fingerprint density at radius 3 is 2.43 bits per heavy atom. The molecule has 0 amide bonds. The van der Waals surface area contributed by atoms with Gasteiger partial charge in [-0.25, -0.2) is 18.4 Å². The van der Waals surface area contributed by atoms with Crippen LogP contribution in [0, 0.1) is 0 Å². The zero-order chi connectivity index (χ0) is 26.5. The van der Waals surface area contributed by atoms with Gasteiger partial charge in [-0.05, 0) is 53.1 Å². The highest BCUT2D eigenvalue weighted by Gasteiger charge is 2.45. The van der Waals surface area contributed by atoms with Crippen LogP contribution in [0.4, 0.5) is 5.82 Å². The first-order valence-corrected chi connectivity index (χ1v) is 12.8. The summed E-state index contributed by atoms with van der Waals surface area (Å²) < 4.78 is 33.0. The normalized spacial score (nSPS) is 12.9. The number of benzene rings is 2. The van der Waals surface area contributed by atoms with Crippen LogP contribution in [0.2, 0.25) is 0 Å². The highest BCUT2D eigenvalue weighted by atomic mass is 32.2. The zero-order valence-electron chi connectivity index (χ0n) is 20.0. The predicted molar refractivity (Wildman–Crippen MR) is 140 cm³/mol. The zero-order valence-corrected chi connectivity index (χ0v) is 20.9. The lowest BCUT2D eigenvalue weighted by Gasteiger charge is -2.29. The number of ether oxygens (including phenoxy) is 1. The van der Waals surface area contributed by atoms with Crippen molar-refractivity contribution in [2.75, 3.05) is 19.0 Å². The lowest BCUT2D eigenvalue weighted by Crippen LogP contribution is -2.47. The number of aromatic nitrogens is 2. The van der Waals surface area contributed by atoms with Crippen LogP contribution >= 0.6 is 0 Å². The Kier molecular flexibility index (Phi) is 7.51. The van der Waals surface area contributed by atoms with Crippen LogP contribution in [-0.2, 0) is 25.9 Å². The Morgan fingerprint density at radius 1 is 1.00 bits per heavy atom. The highest BCUT2D eigenvalue weighted by Crippen LogP contribution is 2.34. The van der Waals surface area contributed by atoms with Gasteiger partial charge in [0.25, 0.3) is 0 Å². The van der Waals surface area contributed by atoms with Crippen LogP contribution < -0.4 is 15.8 Å². The lowest BCUT2D eigenvalue weighted by molar-refractivity contribution is -0.134. The Morgan fingerprint density at radius 2 is 1.76 bits per heavy atom. The first-order chi connectivity index (χ1) is 17.7. The van der Waals surface area contributed by atoms with Crippen LogP contribution in [-0.4, -0.2) is 43.1 Å². The van der Waals surface area contributed by atoms with Gasteiger partial charge in [0.05, 0.1) is 12.8 Å². The van der Waals surface area contributed by atoms with Crippen molar-refractivity contribution >= 4 is 21.6 Å². The number of aliphatic carboxylic acids is 1. The summed E-state index contributed by atoms with van der Waals surface area (Å²) in [7, 11) is -2.63. The number of hydrogen-bond donors (Lipinski definition) is 3. The second-order valence-electron chi connectivity index (χ2n) is 8.32. The molecule has 4 N–H and O–H groups in total. The van der Waals surface area contributed by atoms with Crippen molar-refractivity contribution in [3.05, 3.63) is 102 Å². The van der Waals surface area contributed by atoms with Gasteiger partial charge < -0.3 is 20.9 Å². The topological polar surface area (TPSA) is 144 Å². The predicted octanol–water partition coefficient (Wildman–Crippen LogP) is 3.48. The minimum Gasteiger partial charge on any atom is -0.497 e. The SMILES string of the molecule is COc1cccc(-c2ccc(CC(N)(c3cccc(NCC(=O)O)n3)S(=O)(=O)c3ccccn3)cc2)c1. The summed E-state index contributed by atoms with van der Waals surface area (Å²) in [5.41, 5.74) is 9.32. The summed E-state index contributed by atoms with van der Waals surface area (Å²) in [5, 5.41) is 11.5. The highest BCUT2D eigenvalue weighted by molar-refractivity contribution is 7.92. The third kappa shape index (κ3) is 5.60. The Hall–Kier alpha value is -4.28. The summed E-state index contributed by atoms with van der Waals surface area (Å²) in [4.78, 5) is 17.4. The van der Waals surface area contributed by atoms with Gasteiger partial charge in [0.1, 0.15) is 18.1 Å². The molecule has 0 saturated heterocycles. The fourth-order valence-corrected chi connectivity index (χ4v) is 5.45. The number of carboxylic acid groups (broad SMARTS) is 1. The molecule has 2 aromatic heterocycles. The van der Waals surface area contributed by atoms with Gasteiger partial charge in [-0.3, -0.25) is 4.79 Å². The summed E-state index contributed by atoms with van der Waals surface area (Å²) in [5.74, 6) is -0.158. The summed E-state index contributed by atoms with van der Waals surface area (Å²) in [6.45, 7) is -0.382. The van der Waals surface area contributed by atoms with Crippen LogP contribution in [0.5, 0.6) is 5.75 Å². The van der Waals surface area contributed by atoms with E-state index in [0.29, 0.717) is 5.56 Å². The molecule has 0 radical (unpaired) electrons. The molecular weight excluding hydrogens is 492 g/mol. The molecule has 0 aliphatic heterocycles. The van der Waals surface area contributed by atoms with Crippen molar-refractivity contribution in [3.63, 3.8) is 0 Å². The van der Waals surface area contributed by atoms with Crippen molar-refractivity contribution in [2.24, 2.45) is 5.73 Å². The summed E-state index contributed by atoms with van der Waals surface area (Å²) in [6.07, 6.45) is 1.29. The number of nitrogens with one attached hydrogen (secondary N) is 1. The average molecular weight is 519 g/mol. The maximum absolute atomic E-state index is 13.8. The van der Waals surface area contributed by atoms with E-state index < -0.39 is 20.7 Å². The molecule has 0 spiro atoms. The van der Waals surface area contributed by atoms with E-state index in [2.05, 4.69) is 15.3 Å². The number of methoxy groups -OCH3 is 1. The molecule has 0 saturated carbocycles. The summed E-state index contributed by atoms with van der Waals surface area (Å²) >= 11 is 0. The molecule has 0 aliphatic rings. The van der Waals surface area contributed by atoms with Gasteiger partial charge in [0, 0.05) is 12.6 Å². The number of sulfone groups is 1. The lowest BCUT2D eigenvalue weighted by atomic mass is 9.99. The van der Waals surface area contributed by atoms with E-state index in [1.54, 1.807) is 31.4 Å². The second-order valence-corrected chi connectivity index (χ2v) is 10.5. The minimum absolute atomic E-state index is 0.0606. The molecule has 1 atom stereocenters. The molecule has 2 aromatic carbocycles. The number of carboxylic acids is 1. The van der Waals surface area contributed by atoms with Crippen LogP contribution in [0.3, 0.4) is 0 Å². The second kappa shape index (κ2) is 10.8. The number of carbonyl (C=O) groups is 1. The monoisotopic (exact) mass is 518 g/mol. The van der Waals surface area contributed by atoms with Crippen molar-refractivity contribution in [2.45, 2.75) is 16.3 Å². The number of hydrogen-bond acceptors (Lipinski definition) is 8. The number of pyridine rings is 2. The molecular formula is C27H26N4O5S. The maximum Gasteiger partial charge on any atom is 0.322 e. The fourth-order valence-electron chi connectivity index (χ4n) is 3.87. The van der Waals surface area contributed by atoms with Crippen molar-refractivity contribution in [1.82, 2.24) is 9.97 Å². The molecule has 190 valence electrons. The molecule has 9 nitrogen and oxygen atoms in total. The van der Waals surface area contributed by atoms with E-state index in [1.807, 2.05) is 48.5 Å². The Balaban J connectivity index is 1.74. The van der Waals surface area contributed by atoms with Crippen molar-refractivity contribution < 1.29 is 23.1 Å². The Bertz CT molecular complexity index is 1490. The van der Waals surface area contributed by atoms with Gasteiger partial charge in [-0.15, -0.1) is 0 Å². The van der Waals surface area contributed by atoms with E-state index in [9.17, 15) is 13.2 Å². The average Bonchev–Trinajstić information content (AvgIpc) is 2.93. The standard InChI is InChI=1S/C27H26N4O5S/c1-36-22-7-4-6-21(16-22)20-13-11-19(12-14-20)17-27(28,37(34,35)25-10-2-3-15-29-25)23-8-5-9-24(31-23)30-18-26(32)33/h2-16H,17-18,28H2,1H3,(H,30,31)(H,32,33). The van der Waals surface area contributed by atoms with Crippen LogP contribution in [0.25, 0.3) is 11.1 Å². The first kappa shape index (κ1) is 25.8. The molecule has 0 aliphatic carbocycles. The largest absolute Gasteiger partial charge is 0.497 e. The minimum atomic E-state index is -4.23. The van der Waals surface area contributed by atoms with Gasteiger partial charge in [0.15, 0.2) is 9.90 Å². The van der Waals surface area contributed by atoms with E-state index in [1.165, 1.54) is 18.3 Å². The van der Waals surface area contributed by atoms with Gasteiger partial charge in [-0.1, -0.05) is 48.5 Å². The van der Waals surface area contributed by atoms with E-state index >= 15 is 0 Å². The van der Waals surface area contributed by atoms with E-state index in [-0.39, 0.29) is 29.5 Å². The molecule has 10 heteroatoms. The first-order valence-electron chi connectivity index (χ1n) is 11.3. The van der Waals surface area contributed by atoms with E-state index in [4.69, 9.17) is 15.6 Å². The Labute approximate surface area is 214 Å². The number of rotatable bonds is 10. The van der Waals surface area contributed by atoms with Gasteiger partial charge >= 0.3 is 5.97 Å². The van der Waals surface area contributed by atoms with Crippen LogP contribution in [0.1, 0.15) is 11.3 Å². The number of anilines is 1. The van der Waals surface area contributed by atoms with Crippen molar-refractivity contribution in [1.29, 1.82) is 0 Å². The van der Waals surface area contributed by atoms with E-state index in [0.717, 1.165) is 16.9 Å². The maximum atomic E-state index is 13.8. The van der Waals surface area contributed by atoms with Gasteiger partial charge in [-0.2, -0.15) is 0 Å². The molecule has 0 bridgehead atoms. The quantitative estimate of drug-likeness (QED) is 0.287. The smallest absolute Gasteiger partial charge is 0.322 e.